The zero-order valence-corrected chi connectivity index (χ0v) is 8.44. The van der Waals surface area contributed by atoms with Crippen molar-refractivity contribution in [1.29, 1.82) is 0 Å². The quantitative estimate of drug-likeness (QED) is 0.775. The van der Waals surface area contributed by atoms with E-state index in [9.17, 15) is 0 Å². The van der Waals surface area contributed by atoms with Gasteiger partial charge in [0.1, 0.15) is 11.9 Å². The number of pyridine rings is 1. The van der Waals surface area contributed by atoms with E-state index >= 15 is 0 Å². The molecule has 1 aromatic rings. The summed E-state index contributed by atoms with van der Waals surface area (Å²) in [5.41, 5.74) is 6.92. The monoisotopic (exact) mass is 192 g/mol. The van der Waals surface area contributed by atoms with Crippen molar-refractivity contribution in [3.05, 3.63) is 24.0 Å². The van der Waals surface area contributed by atoms with Gasteiger partial charge in [0.2, 0.25) is 0 Å². The van der Waals surface area contributed by atoms with Gasteiger partial charge in [0.25, 0.3) is 0 Å². The van der Waals surface area contributed by atoms with Gasteiger partial charge in [-0.15, -0.1) is 0 Å². The molecule has 76 valence electrons. The first-order chi connectivity index (χ1) is 6.75. The molecule has 0 aromatic carbocycles. The minimum Gasteiger partial charge on any atom is -0.487 e. The third-order valence-electron chi connectivity index (χ3n) is 2.68. The van der Waals surface area contributed by atoms with Crippen molar-refractivity contribution >= 4 is 0 Å². The average Bonchev–Trinajstić information content (AvgIpc) is 2.56. The summed E-state index contributed by atoms with van der Waals surface area (Å²) in [5.74, 6) is 0.831. The maximum Gasteiger partial charge on any atom is 0.138 e. The molecule has 1 fully saturated rings. The number of nitrogens with two attached hydrogens (primary N) is 1. The standard InChI is InChI=1S/C11H16N2O/c1-8-5-6-9(7-13-8)14-11-4-2-3-10(11)12/h5-7,10-11H,2-4,12H2,1H3/t10-,11-/m1/s1. The molecule has 2 N–H and O–H groups in total. The SMILES string of the molecule is Cc1ccc(O[C@@H]2CCC[C@H]2N)cn1. The first-order valence-corrected chi connectivity index (χ1v) is 5.10. The van der Waals surface area contributed by atoms with Crippen LogP contribution in [0.4, 0.5) is 0 Å². The van der Waals surface area contributed by atoms with Crippen molar-refractivity contribution in [1.82, 2.24) is 4.98 Å². The number of nitrogens with zero attached hydrogens (tertiary/aromatic N) is 1. The normalized spacial score (nSPS) is 26.4. The maximum absolute atomic E-state index is 5.91. The lowest BCUT2D eigenvalue weighted by molar-refractivity contribution is 0.191. The lowest BCUT2D eigenvalue weighted by Crippen LogP contribution is -2.33. The third-order valence-corrected chi connectivity index (χ3v) is 2.68. The minimum absolute atomic E-state index is 0.180. The molecular weight excluding hydrogens is 176 g/mol. The predicted molar refractivity (Wildman–Crippen MR) is 55.2 cm³/mol. The fourth-order valence-corrected chi connectivity index (χ4v) is 1.80. The Morgan fingerprint density at radius 2 is 2.29 bits per heavy atom. The summed E-state index contributed by atoms with van der Waals surface area (Å²) in [6.45, 7) is 1.96. The Balaban J connectivity index is 2.00. The van der Waals surface area contributed by atoms with E-state index in [4.69, 9.17) is 10.5 Å². The van der Waals surface area contributed by atoms with Crippen molar-refractivity contribution < 1.29 is 4.74 Å². The molecule has 14 heavy (non-hydrogen) atoms. The van der Waals surface area contributed by atoms with Crippen LogP contribution in [0.3, 0.4) is 0 Å². The zero-order valence-electron chi connectivity index (χ0n) is 8.44. The van der Waals surface area contributed by atoms with E-state index in [0.29, 0.717) is 0 Å². The molecule has 1 aliphatic rings. The lowest BCUT2D eigenvalue weighted by Gasteiger charge is -2.17. The van der Waals surface area contributed by atoms with Gasteiger partial charge in [-0.3, -0.25) is 4.98 Å². The van der Waals surface area contributed by atoms with Gasteiger partial charge in [0.15, 0.2) is 0 Å². The molecule has 0 amide bonds. The highest BCUT2D eigenvalue weighted by molar-refractivity contribution is 5.19. The van der Waals surface area contributed by atoms with Crippen LogP contribution >= 0.6 is 0 Å². The molecule has 1 heterocycles. The fourth-order valence-electron chi connectivity index (χ4n) is 1.80. The Bertz CT molecular complexity index is 297. The lowest BCUT2D eigenvalue weighted by atomic mass is 10.2. The number of aryl methyl sites for hydroxylation is 1. The first-order valence-electron chi connectivity index (χ1n) is 5.10. The second-order valence-corrected chi connectivity index (χ2v) is 3.89. The molecule has 3 nitrogen and oxygen atoms in total. The van der Waals surface area contributed by atoms with Gasteiger partial charge in [-0.2, -0.15) is 0 Å². The van der Waals surface area contributed by atoms with Crippen LogP contribution < -0.4 is 10.5 Å². The van der Waals surface area contributed by atoms with Crippen molar-refractivity contribution in [2.75, 3.05) is 0 Å². The van der Waals surface area contributed by atoms with E-state index in [1.54, 1.807) is 6.20 Å². The Labute approximate surface area is 84.3 Å². The van der Waals surface area contributed by atoms with Crippen LogP contribution in [0.1, 0.15) is 25.0 Å². The van der Waals surface area contributed by atoms with Crippen LogP contribution in [0.25, 0.3) is 0 Å². The van der Waals surface area contributed by atoms with Crippen molar-refractivity contribution in [3.8, 4) is 5.75 Å². The van der Waals surface area contributed by atoms with E-state index in [0.717, 1.165) is 24.3 Å². The number of hydrogen-bond donors (Lipinski definition) is 1. The van der Waals surface area contributed by atoms with Crippen LogP contribution in [0.15, 0.2) is 18.3 Å². The smallest absolute Gasteiger partial charge is 0.138 e. The molecule has 0 radical (unpaired) electrons. The van der Waals surface area contributed by atoms with Crippen LogP contribution in [0, 0.1) is 6.92 Å². The molecule has 1 aliphatic carbocycles. The summed E-state index contributed by atoms with van der Waals surface area (Å²) >= 11 is 0. The van der Waals surface area contributed by atoms with Crippen molar-refractivity contribution in [3.63, 3.8) is 0 Å². The molecule has 2 atom stereocenters. The second-order valence-electron chi connectivity index (χ2n) is 3.89. The molecule has 0 saturated heterocycles. The fraction of sp³-hybridized carbons (Fsp3) is 0.545. The van der Waals surface area contributed by atoms with Crippen LogP contribution in [0.2, 0.25) is 0 Å². The molecule has 0 unspecified atom stereocenters. The van der Waals surface area contributed by atoms with Gasteiger partial charge < -0.3 is 10.5 Å². The third kappa shape index (κ3) is 2.04. The van der Waals surface area contributed by atoms with E-state index in [1.807, 2.05) is 19.1 Å². The number of aromatic nitrogens is 1. The molecule has 1 saturated carbocycles. The summed E-state index contributed by atoms with van der Waals surface area (Å²) in [4.78, 5) is 4.18. The summed E-state index contributed by atoms with van der Waals surface area (Å²) < 4.78 is 5.76. The summed E-state index contributed by atoms with van der Waals surface area (Å²) in [6, 6.07) is 4.10. The van der Waals surface area contributed by atoms with Crippen LogP contribution in [-0.4, -0.2) is 17.1 Å². The molecule has 0 aliphatic heterocycles. The first kappa shape index (κ1) is 9.46. The summed E-state index contributed by atoms with van der Waals surface area (Å²) in [7, 11) is 0. The highest BCUT2D eigenvalue weighted by Crippen LogP contribution is 2.22. The van der Waals surface area contributed by atoms with Crippen LogP contribution in [-0.2, 0) is 0 Å². The topological polar surface area (TPSA) is 48.1 Å². The maximum atomic E-state index is 5.91. The molecule has 2 rings (SSSR count). The Kier molecular flexibility index (Phi) is 2.68. The number of ether oxygens (including phenoxy) is 1. The Hall–Kier alpha value is -1.09. The Morgan fingerprint density at radius 3 is 2.86 bits per heavy atom. The Morgan fingerprint density at radius 1 is 1.43 bits per heavy atom. The van der Waals surface area contributed by atoms with Gasteiger partial charge in [0.05, 0.1) is 6.20 Å². The van der Waals surface area contributed by atoms with Gasteiger partial charge >= 0.3 is 0 Å². The van der Waals surface area contributed by atoms with Gasteiger partial charge in [-0.1, -0.05) is 0 Å². The van der Waals surface area contributed by atoms with Gasteiger partial charge in [-0.05, 0) is 38.3 Å². The highest BCUT2D eigenvalue weighted by atomic mass is 16.5. The van der Waals surface area contributed by atoms with E-state index in [1.165, 1.54) is 6.42 Å². The van der Waals surface area contributed by atoms with E-state index in [-0.39, 0.29) is 12.1 Å². The van der Waals surface area contributed by atoms with E-state index < -0.39 is 0 Å². The predicted octanol–water partition coefficient (Wildman–Crippen LogP) is 1.65. The molecule has 3 heteroatoms. The summed E-state index contributed by atoms with van der Waals surface area (Å²) in [5, 5.41) is 0. The minimum atomic E-state index is 0.180. The highest BCUT2D eigenvalue weighted by Gasteiger charge is 2.25. The molecular formula is C11H16N2O. The summed E-state index contributed by atoms with van der Waals surface area (Å²) in [6.07, 6.45) is 5.25. The molecule has 0 spiro atoms. The molecule has 1 aromatic heterocycles. The molecule has 0 bridgehead atoms. The van der Waals surface area contributed by atoms with Gasteiger partial charge in [-0.25, -0.2) is 0 Å². The van der Waals surface area contributed by atoms with Crippen LogP contribution in [0.5, 0.6) is 5.75 Å². The van der Waals surface area contributed by atoms with E-state index in [2.05, 4.69) is 4.98 Å². The number of hydrogen-bond acceptors (Lipinski definition) is 3. The number of rotatable bonds is 2. The van der Waals surface area contributed by atoms with Crippen molar-refractivity contribution in [2.45, 2.75) is 38.3 Å². The zero-order chi connectivity index (χ0) is 9.97. The van der Waals surface area contributed by atoms with Gasteiger partial charge in [0, 0.05) is 11.7 Å². The second kappa shape index (κ2) is 3.96. The largest absolute Gasteiger partial charge is 0.487 e. The average molecular weight is 192 g/mol. The van der Waals surface area contributed by atoms with Crippen molar-refractivity contribution in [2.24, 2.45) is 5.73 Å².